The topological polar surface area (TPSA) is 52.0 Å². The molecule has 0 spiro atoms. The Morgan fingerprint density at radius 1 is 1.17 bits per heavy atom. The highest BCUT2D eigenvalue weighted by Crippen LogP contribution is 2.40. The number of aromatic nitrogens is 1. The molecule has 1 aromatic carbocycles. The van der Waals surface area contributed by atoms with Gasteiger partial charge in [0.25, 0.3) is 0 Å². The molecular formula is C13H9IN2OS. The Morgan fingerprint density at radius 2 is 2.00 bits per heavy atom. The van der Waals surface area contributed by atoms with E-state index < -0.39 is 0 Å². The van der Waals surface area contributed by atoms with Gasteiger partial charge in [0.05, 0.1) is 5.56 Å². The molecule has 2 N–H and O–H groups in total. The first-order valence-corrected chi connectivity index (χ1v) is 7.27. The Balaban J connectivity index is 2.23. The minimum atomic E-state index is 0.437. The smallest absolute Gasteiger partial charge is 0.178 e. The highest BCUT2D eigenvalue weighted by molar-refractivity contribution is 14.1. The maximum absolute atomic E-state index is 5.92. The Morgan fingerprint density at radius 3 is 2.72 bits per heavy atom. The van der Waals surface area contributed by atoms with Crippen molar-refractivity contribution < 1.29 is 4.52 Å². The number of thiophene rings is 1. The summed E-state index contributed by atoms with van der Waals surface area (Å²) in [6.45, 7) is 0. The molecule has 0 saturated carbocycles. The molecule has 0 fully saturated rings. The van der Waals surface area contributed by atoms with E-state index in [2.05, 4.69) is 27.7 Å². The van der Waals surface area contributed by atoms with Crippen LogP contribution in [0.5, 0.6) is 0 Å². The molecule has 5 heteroatoms. The first kappa shape index (κ1) is 11.7. The summed E-state index contributed by atoms with van der Waals surface area (Å²) in [4.78, 5) is 1.07. The normalized spacial score (nSPS) is 10.7. The van der Waals surface area contributed by atoms with Gasteiger partial charge in [-0.3, -0.25) is 0 Å². The van der Waals surface area contributed by atoms with E-state index in [4.69, 9.17) is 10.3 Å². The Labute approximate surface area is 122 Å². The van der Waals surface area contributed by atoms with E-state index >= 15 is 0 Å². The molecular weight excluding hydrogens is 359 g/mol. The van der Waals surface area contributed by atoms with Gasteiger partial charge in [0.1, 0.15) is 0 Å². The number of halogens is 1. The van der Waals surface area contributed by atoms with E-state index in [-0.39, 0.29) is 0 Å². The summed E-state index contributed by atoms with van der Waals surface area (Å²) in [6, 6.07) is 12.0. The van der Waals surface area contributed by atoms with Gasteiger partial charge in [0.2, 0.25) is 0 Å². The molecule has 2 heterocycles. The van der Waals surface area contributed by atoms with Crippen molar-refractivity contribution in [3.05, 3.63) is 45.3 Å². The lowest BCUT2D eigenvalue weighted by Gasteiger charge is -2.02. The molecule has 0 aliphatic rings. The van der Waals surface area contributed by atoms with Crippen LogP contribution in [-0.2, 0) is 0 Å². The molecule has 3 aromatic rings. The van der Waals surface area contributed by atoms with E-state index in [1.807, 2.05) is 41.8 Å². The number of rotatable bonds is 2. The molecule has 3 nitrogen and oxygen atoms in total. The van der Waals surface area contributed by atoms with E-state index in [0.29, 0.717) is 5.82 Å². The van der Waals surface area contributed by atoms with Crippen molar-refractivity contribution in [3.63, 3.8) is 0 Å². The monoisotopic (exact) mass is 368 g/mol. The second kappa shape index (κ2) is 4.74. The van der Waals surface area contributed by atoms with Crippen LogP contribution in [0, 0.1) is 3.57 Å². The molecule has 0 aliphatic heterocycles. The van der Waals surface area contributed by atoms with Gasteiger partial charge in [-0.05, 0) is 40.1 Å². The van der Waals surface area contributed by atoms with Crippen molar-refractivity contribution in [2.24, 2.45) is 0 Å². The molecule has 0 bridgehead atoms. The summed E-state index contributed by atoms with van der Waals surface area (Å²) in [5.74, 6) is 1.17. The molecule has 2 aromatic heterocycles. The van der Waals surface area contributed by atoms with Gasteiger partial charge in [0, 0.05) is 14.0 Å². The maximum Gasteiger partial charge on any atom is 0.178 e. The van der Waals surface area contributed by atoms with Crippen molar-refractivity contribution in [3.8, 4) is 21.8 Å². The molecule has 0 unspecified atom stereocenters. The van der Waals surface area contributed by atoms with Gasteiger partial charge in [-0.1, -0.05) is 29.4 Å². The number of nitrogens with zero attached hydrogens (tertiary/aromatic N) is 1. The average Bonchev–Trinajstić information content (AvgIpc) is 2.98. The fourth-order valence-corrected chi connectivity index (χ4v) is 3.20. The third-order valence-corrected chi connectivity index (χ3v) is 4.43. The van der Waals surface area contributed by atoms with Crippen molar-refractivity contribution >= 4 is 39.7 Å². The zero-order valence-electron chi connectivity index (χ0n) is 9.26. The van der Waals surface area contributed by atoms with Crippen LogP contribution in [0.15, 0.2) is 46.3 Å². The van der Waals surface area contributed by atoms with Gasteiger partial charge in [-0.15, -0.1) is 11.3 Å². The van der Waals surface area contributed by atoms with Gasteiger partial charge < -0.3 is 10.3 Å². The van der Waals surface area contributed by atoms with E-state index in [0.717, 1.165) is 25.3 Å². The van der Waals surface area contributed by atoms with Crippen molar-refractivity contribution in [1.82, 2.24) is 5.16 Å². The predicted octanol–water partition coefficient (Wildman–Crippen LogP) is 4.26. The lowest BCUT2D eigenvalue weighted by atomic mass is 10.1. The predicted molar refractivity (Wildman–Crippen MR) is 82.4 cm³/mol. The number of hydrogen-bond donors (Lipinski definition) is 1. The summed E-state index contributed by atoms with van der Waals surface area (Å²) in [5, 5.41) is 5.91. The zero-order valence-corrected chi connectivity index (χ0v) is 12.2. The van der Waals surface area contributed by atoms with Gasteiger partial charge in [-0.2, -0.15) is 0 Å². The van der Waals surface area contributed by atoms with Crippen LogP contribution < -0.4 is 5.73 Å². The average molecular weight is 368 g/mol. The van der Waals surface area contributed by atoms with E-state index in [1.165, 1.54) is 0 Å². The van der Waals surface area contributed by atoms with Crippen LogP contribution in [0.1, 0.15) is 0 Å². The first-order valence-electron chi connectivity index (χ1n) is 5.31. The largest absolute Gasteiger partial charge is 0.380 e. The third kappa shape index (κ3) is 1.93. The van der Waals surface area contributed by atoms with Crippen LogP contribution in [0.4, 0.5) is 5.82 Å². The van der Waals surface area contributed by atoms with E-state index in [1.54, 1.807) is 11.3 Å². The van der Waals surface area contributed by atoms with Gasteiger partial charge in [0.15, 0.2) is 11.6 Å². The summed E-state index contributed by atoms with van der Waals surface area (Å²) < 4.78 is 6.53. The molecule has 0 radical (unpaired) electrons. The van der Waals surface area contributed by atoms with Gasteiger partial charge >= 0.3 is 0 Å². The highest BCUT2D eigenvalue weighted by Gasteiger charge is 2.19. The number of nitrogen functional groups attached to an aromatic ring is 1. The van der Waals surface area contributed by atoms with Gasteiger partial charge in [-0.25, -0.2) is 0 Å². The molecule has 0 amide bonds. The van der Waals surface area contributed by atoms with Crippen LogP contribution in [0.25, 0.3) is 21.8 Å². The number of hydrogen-bond acceptors (Lipinski definition) is 4. The summed E-state index contributed by atoms with van der Waals surface area (Å²) in [6.07, 6.45) is 0. The van der Waals surface area contributed by atoms with Crippen LogP contribution in [-0.4, -0.2) is 5.16 Å². The van der Waals surface area contributed by atoms with Crippen molar-refractivity contribution in [2.75, 3.05) is 5.73 Å². The van der Waals surface area contributed by atoms with Crippen molar-refractivity contribution in [1.29, 1.82) is 0 Å². The van der Waals surface area contributed by atoms with E-state index in [9.17, 15) is 0 Å². The molecule has 90 valence electrons. The quantitative estimate of drug-likeness (QED) is 0.688. The van der Waals surface area contributed by atoms with Crippen LogP contribution in [0.3, 0.4) is 0 Å². The lowest BCUT2D eigenvalue weighted by molar-refractivity contribution is 0.436. The van der Waals surface area contributed by atoms with Crippen molar-refractivity contribution in [2.45, 2.75) is 0 Å². The number of benzene rings is 1. The standard InChI is InChI=1S/C13H9IN2OS/c14-9-5-2-1-4-8(9)12-11(13(15)16-17-12)10-6-3-7-18-10/h1-7H,(H2,15,16). The fraction of sp³-hybridized carbons (Fsp3) is 0. The Hall–Kier alpha value is -1.34. The summed E-state index contributed by atoms with van der Waals surface area (Å²) in [5.41, 5.74) is 7.82. The third-order valence-electron chi connectivity index (χ3n) is 2.60. The Bertz CT molecular complexity index is 676. The molecule has 0 saturated heterocycles. The number of anilines is 1. The minimum absolute atomic E-state index is 0.437. The zero-order chi connectivity index (χ0) is 12.5. The SMILES string of the molecule is Nc1noc(-c2ccccc2I)c1-c1cccs1. The minimum Gasteiger partial charge on any atom is -0.380 e. The molecule has 18 heavy (non-hydrogen) atoms. The summed E-state index contributed by atoms with van der Waals surface area (Å²) >= 11 is 3.91. The fourth-order valence-electron chi connectivity index (χ4n) is 1.79. The summed E-state index contributed by atoms with van der Waals surface area (Å²) in [7, 11) is 0. The molecule has 0 atom stereocenters. The Kier molecular flexibility index (Phi) is 3.09. The number of nitrogens with two attached hydrogens (primary N) is 1. The lowest BCUT2D eigenvalue weighted by Crippen LogP contribution is -1.87. The highest BCUT2D eigenvalue weighted by atomic mass is 127. The molecule has 0 aliphatic carbocycles. The maximum atomic E-state index is 5.92. The van der Waals surface area contributed by atoms with Crippen LogP contribution in [0.2, 0.25) is 0 Å². The first-order chi connectivity index (χ1) is 8.77. The van der Waals surface area contributed by atoms with Crippen LogP contribution >= 0.6 is 33.9 Å². The second-order valence-corrected chi connectivity index (χ2v) is 5.84. The molecule has 3 rings (SSSR count). The second-order valence-electron chi connectivity index (χ2n) is 3.73.